The van der Waals surface area contributed by atoms with Crippen molar-refractivity contribution in [2.24, 2.45) is 4.99 Å². The second kappa shape index (κ2) is 8.54. The smallest absolute Gasteiger partial charge is 0.191 e. The number of hydrogen-bond acceptors (Lipinski definition) is 5. The van der Waals surface area contributed by atoms with E-state index in [2.05, 4.69) is 27.5 Å². The number of nitrogens with zero attached hydrogens (tertiary/aromatic N) is 2. The van der Waals surface area contributed by atoms with Gasteiger partial charge >= 0.3 is 0 Å². The van der Waals surface area contributed by atoms with Gasteiger partial charge in [0, 0.05) is 11.4 Å². The van der Waals surface area contributed by atoms with E-state index >= 15 is 0 Å². The number of aryl methyl sites for hydroxylation is 2. The molecule has 0 spiro atoms. The third-order valence-corrected chi connectivity index (χ3v) is 4.56. The fourth-order valence-corrected chi connectivity index (χ4v) is 2.99. The monoisotopic (exact) mass is 348 g/mol. The number of guanidine groups is 1. The molecule has 0 amide bonds. The lowest BCUT2D eigenvalue weighted by Crippen LogP contribution is -2.36. The second-order valence-corrected chi connectivity index (χ2v) is 6.59. The molecule has 0 atom stereocenters. The number of thiazole rings is 1. The molecule has 0 aliphatic carbocycles. The molecule has 130 valence electrons. The molecule has 0 radical (unpaired) electrons. The van der Waals surface area contributed by atoms with Gasteiger partial charge in [0.25, 0.3) is 0 Å². The summed E-state index contributed by atoms with van der Waals surface area (Å²) in [6, 6.07) is 5.29. The van der Waals surface area contributed by atoms with Gasteiger partial charge in [-0.15, -0.1) is 11.3 Å². The predicted molar refractivity (Wildman–Crippen MR) is 97.9 cm³/mol. The van der Waals surface area contributed by atoms with Crippen molar-refractivity contribution >= 4 is 17.3 Å². The van der Waals surface area contributed by atoms with Crippen LogP contribution in [0, 0.1) is 13.8 Å². The molecular weight excluding hydrogens is 324 g/mol. The summed E-state index contributed by atoms with van der Waals surface area (Å²) in [5, 5.41) is 17.4. The van der Waals surface area contributed by atoms with Crippen molar-refractivity contribution in [1.29, 1.82) is 0 Å². The van der Waals surface area contributed by atoms with E-state index in [0.29, 0.717) is 18.8 Å². The number of aromatic nitrogens is 1. The van der Waals surface area contributed by atoms with Gasteiger partial charge in [-0.05, 0) is 38.5 Å². The molecule has 0 saturated carbocycles. The highest BCUT2D eigenvalue weighted by molar-refractivity contribution is 7.11. The summed E-state index contributed by atoms with van der Waals surface area (Å²) >= 11 is 1.69. The van der Waals surface area contributed by atoms with Gasteiger partial charge in [0.05, 0.1) is 25.9 Å². The molecule has 6 nitrogen and oxygen atoms in total. The Labute approximate surface area is 146 Å². The highest BCUT2D eigenvalue weighted by Gasteiger charge is 2.06. The number of benzene rings is 1. The van der Waals surface area contributed by atoms with Gasteiger partial charge in [0.15, 0.2) is 17.5 Å². The van der Waals surface area contributed by atoms with Crippen LogP contribution in [-0.2, 0) is 13.1 Å². The molecule has 7 heteroatoms. The summed E-state index contributed by atoms with van der Waals surface area (Å²) in [5.41, 5.74) is 1.99. The first-order valence-corrected chi connectivity index (χ1v) is 8.66. The van der Waals surface area contributed by atoms with E-state index in [9.17, 15) is 5.11 Å². The van der Waals surface area contributed by atoms with Crippen LogP contribution in [0.2, 0.25) is 0 Å². The van der Waals surface area contributed by atoms with Crippen LogP contribution in [0.15, 0.2) is 23.2 Å². The van der Waals surface area contributed by atoms with Crippen molar-refractivity contribution in [2.75, 3.05) is 13.7 Å². The molecule has 0 unspecified atom stereocenters. The molecule has 3 N–H and O–H groups in total. The van der Waals surface area contributed by atoms with Crippen molar-refractivity contribution < 1.29 is 9.84 Å². The number of nitrogens with one attached hydrogen (secondary N) is 2. The van der Waals surface area contributed by atoms with Gasteiger partial charge < -0.3 is 20.5 Å². The van der Waals surface area contributed by atoms with Crippen LogP contribution in [0.5, 0.6) is 11.5 Å². The van der Waals surface area contributed by atoms with Crippen molar-refractivity contribution in [1.82, 2.24) is 15.6 Å². The molecule has 1 aromatic carbocycles. The van der Waals surface area contributed by atoms with Crippen LogP contribution >= 0.6 is 11.3 Å². The summed E-state index contributed by atoms with van der Waals surface area (Å²) in [6.07, 6.45) is 0. The fourth-order valence-electron chi connectivity index (χ4n) is 2.12. The third-order valence-electron chi connectivity index (χ3n) is 3.49. The zero-order valence-corrected chi connectivity index (χ0v) is 15.3. The SMILES string of the molecule is CCNC(=NCc1ccc(OC)c(O)c1)NCc1nc(C)c(C)s1. The number of hydrogen-bond donors (Lipinski definition) is 3. The van der Waals surface area contributed by atoms with Crippen molar-refractivity contribution in [3.8, 4) is 11.5 Å². The van der Waals surface area contributed by atoms with Crippen LogP contribution in [-0.4, -0.2) is 29.7 Å². The molecule has 1 aromatic heterocycles. The summed E-state index contributed by atoms with van der Waals surface area (Å²) in [7, 11) is 1.53. The number of phenolic OH excluding ortho intramolecular Hbond substituents is 1. The molecule has 0 saturated heterocycles. The Morgan fingerprint density at radius 3 is 2.71 bits per heavy atom. The molecule has 1 heterocycles. The third kappa shape index (κ3) is 4.86. The van der Waals surface area contributed by atoms with E-state index in [1.165, 1.54) is 12.0 Å². The van der Waals surface area contributed by atoms with E-state index < -0.39 is 0 Å². The van der Waals surface area contributed by atoms with Crippen LogP contribution in [0.3, 0.4) is 0 Å². The van der Waals surface area contributed by atoms with Gasteiger partial charge in [-0.1, -0.05) is 6.07 Å². The first-order chi connectivity index (χ1) is 11.5. The maximum Gasteiger partial charge on any atom is 0.191 e. The zero-order valence-electron chi connectivity index (χ0n) is 14.5. The number of phenols is 1. The van der Waals surface area contributed by atoms with Gasteiger partial charge in [-0.3, -0.25) is 0 Å². The van der Waals surface area contributed by atoms with Gasteiger partial charge in [0.1, 0.15) is 5.01 Å². The van der Waals surface area contributed by atoms with E-state index in [4.69, 9.17) is 4.74 Å². The van der Waals surface area contributed by atoms with Gasteiger partial charge in [0.2, 0.25) is 0 Å². The van der Waals surface area contributed by atoms with Crippen LogP contribution in [0.4, 0.5) is 0 Å². The Bertz CT molecular complexity index is 693. The maximum absolute atomic E-state index is 9.83. The molecule has 0 fully saturated rings. The van der Waals surface area contributed by atoms with E-state index in [1.54, 1.807) is 23.5 Å². The Hall–Kier alpha value is -2.28. The first kappa shape index (κ1) is 18.1. The Balaban J connectivity index is 2.00. The summed E-state index contributed by atoms with van der Waals surface area (Å²) in [6.45, 7) is 7.99. The lowest BCUT2D eigenvalue weighted by atomic mass is 10.2. The summed E-state index contributed by atoms with van der Waals surface area (Å²) < 4.78 is 5.05. The minimum Gasteiger partial charge on any atom is -0.504 e. The minimum absolute atomic E-state index is 0.122. The number of methoxy groups -OCH3 is 1. The zero-order chi connectivity index (χ0) is 17.5. The highest BCUT2D eigenvalue weighted by Crippen LogP contribution is 2.26. The largest absolute Gasteiger partial charge is 0.504 e. The molecule has 0 aliphatic heterocycles. The molecule has 0 bridgehead atoms. The predicted octanol–water partition coefficient (Wildman–Crippen LogP) is 2.73. The van der Waals surface area contributed by atoms with Gasteiger partial charge in [-0.25, -0.2) is 9.98 Å². The van der Waals surface area contributed by atoms with Crippen molar-refractivity contribution in [3.05, 3.63) is 39.3 Å². The molecule has 2 aromatic rings. The topological polar surface area (TPSA) is 78.8 Å². The molecule has 0 aliphatic rings. The Kier molecular flexibility index (Phi) is 6.43. The maximum atomic E-state index is 9.83. The van der Waals surface area contributed by atoms with E-state index in [-0.39, 0.29) is 5.75 Å². The van der Waals surface area contributed by atoms with Gasteiger partial charge in [-0.2, -0.15) is 0 Å². The molecule has 24 heavy (non-hydrogen) atoms. The Morgan fingerprint density at radius 1 is 1.33 bits per heavy atom. The van der Waals surface area contributed by atoms with Crippen molar-refractivity contribution in [2.45, 2.75) is 33.9 Å². The average Bonchev–Trinajstić information content (AvgIpc) is 2.88. The van der Waals surface area contributed by atoms with Crippen LogP contribution in [0.1, 0.15) is 28.1 Å². The summed E-state index contributed by atoms with van der Waals surface area (Å²) in [5.74, 6) is 1.30. The van der Waals surface area contributed by atoms with E-state index in [0.717, 1.165) is 28.8 Å². The highest BCUT2D eigenvalue weighted by atomic mass is 32.1. The summed E-state index contributed by atoms with van der Waals surface area (Å²) in [4.78, 5) is 10.3. The minimum atomic E-state index is 0.122. The standard InChI is InChI=1S/C17H24N4O2S/c1-5-18-17(20-10-16-21-11(2)12(3)24-16)19-9-13-6-7-15(23-4)14(22)8-13/h6-8,22H,5,9-10H2,1-4H3,(H2,18,19,20). The molecular formula is C17H24N4O2S. The molecule has 2 rings (SSSR count). The number of aromatic hydroxyl groups is 1. The lowest BCUT2D eigenvalue weighted by Gasteiger charge is -2.10. The van der Waals surface area contributed by atoms with E-state index in [1.807, 2.05) is 19.9 Å². The van der Waals surface area contributed by atoms with Crippen LogP contribution in [0.25, 0.3) is 0 Å². The quantitative estimate of drug-likeness (QED) is 0.553. The normalized spacial score (nSPS) is 11.4. The van der Waals surface area contributed by atoms with Crippen molar-refractivity contribution in [3.63, 3.8) is 0 Å². The number of rotatable bonds is 6. The lowest BCUT2D eigenvalue weighted by molar-refractivity contribution is 0.373. The Morgan fingerprint density at radius 2 is 2.12 bits per heavy atom. The first-order valence-electron chi connectivity index (χ1n) is 7.84. The number of ether oxygens (including phenoxy) is 1. The number of aliphatic imine (C=N–C) groups is 1. The fraction of sp³-hybridized carbons (Fsp3) is 0.412. The second-order valence-electron chi connectivity index (χ2n) is 5.30. The average molecular weight is 348 g/mol. The van der Waals surface area contributed by atoms with Crippen LogP contribution < -0.4 is 15.4 Å².